The van der Waals surface area contributed by atoms with Crippen molar-refractivity contribution in [3.8, 4) is 0 Å². The maximum absolute atomic E-state index is 13.1. The van der Waals surface area contributed by atoms with Gasteiger partial charge in [0.15, 0.2) is 5.78 Å². The lowest BCUT2D eigenvalue weighted by Crippen LogP contribution is -2.26. The standard InChI is InChI=1S/C19H20BrN3O2/c1-9-5-6-10(7-11(9)20)13-14-12(8-19(2,3)16(14)24)21-17-15(13)18(25)22-23(17)4/h5-7,13,21H,8H2,1-4H3,(H,22,25). The molecule has 1 aromatic heterocycles. The van der Waals surface area contributed by atoms with Crippen molar-refractivity contribution in [3.05, 3.63) is 61.0 Å². The Hall–Kier alpha value is -2.08. The van der Waals surface area contributed by atoms with Crippen LogP contribution in [-0.4, -0.2) is 15.6 Å². The fraction of sp³-hybridized carbons (Fsp3) is 0.368. The molecule has 0 spiro atoms. The summed E-state index contributed by atoms with van der Waals surface area (Å²) in [5.74, 6) is 0.518. The third kappa shape index (κ3) is 2.27. The van der Waals surface area contributed by atoms with E-state index >= 15 is 0 Å². The number of carbonyl (C=O) groups is 1. The van der Waals surface area contributed by atoms with Gasteiger partial charge in [0.2, 0.25) is 0 Å². The van der Waals surface area contributed by atoms with Gasteiger partial charge in [0.1, 0.15) is 5.82 Å². The van der Waals surface area contributed by atoms with Gasteiger partial charge in [0.05, 0.1) is 5.56 Å². The van der Waals surface area contributed by atoms with E-state index in [1.807, 2.05) is 46.0 Å². The number of aryl methyl sites for hydroxylation is 2. The highest BCUT2D eigenvalue weighted by Crippen LogP contribution is 2.50. The van der Waals surface area contributed by atoms with Crippen molar-refractivity contribution >= 4 is 27.5 Å². The molecular weight excluding hydrogens is 382 g/mol. The summed E-state index contributed by atoms with van der Waals surface area (Å²) < 4.78 is 2.68. The third-order valence-corrected chi connectivity index (χ3v) is 6.14. The van der Waals surface area contributed by atoms with Crippen molar-refractivity contribution < 1.29 is 4.79 Å². The molecule has 130 valence electrons. The SMILES string of the molecule is Cc1ccc(C2C3=C(CC(C)(C)C3=O)Nc3c2c(=O)[nH]n3C)cc1Br. The molecule has 1 aliphatic carbocycles. The Morgan fingerprint density at radius 2 is 2.00 bits per heavy atom. The molecule has 0 bridgehead atoms. The first-order valence-corrected chi connectivity index (χ1v) is 9.10. The van der Waals surface area contributed by atoms with Gasteiger partial charge < -0.3 is 5.32 Å². The van der Waals surface area contributed by atoms with Gasteiger partial charge >= 0.3 is 0 Å². The first-order valence-electron chi connectivity index (χ1n) is 8.30. The van der Waals surface area contributed by atoms with Crippen LogP contribution in [0.25, 0.3) is 0 Å². The van der Waals surface area contributed by atoms with Crippen LogP contribution in [0, 0.1) is 12.3 Å². The lowest BCUT2D eigenvalue weighted by atomic mass is 9.79. The molecular formula is C19H20BrN3O2. The molecule has 1 atom stereocenters. The smallest absolute Gasteiger partial charge is 0.270 e. The Labute approximate surface area is 154 Å². The normalized spacial score (nSPS) is 21.2. The quantitative estimate of drug-likeness (QED) is 0.766. The number of ketones is 1. The Morgan fingerprint density at radius 1 is 1.28 bits per heavy atom. The van der Waals surface area contributed by atoms with Crippen molar-refractivity contribution in [3.63, 3.8) is 0 Å². The highest BCUT2D eigenvalue weighted by atomic mass is 79.9. The van der Waals surface area contributed by atoms with E-state index in [0.29, 0.717) is 12.0 Å². The van der Waals surface area contributed by atoms with Crippen LogP contribution >= 0.6 is 15.9 Å². The summed E-state index contributed by atoms with van der Waals surface area (Å²) in [6, 6.07) is 6.04. The van der Waals surface area contributed by atoms with Gasteiger partial charge in [-0.25, -0.2) is 0 Å². The molecule has 6 heteroatoms. The summed E-state index contributed by atoms with van der Waals surface area (Å²) in [6.45, 7) is 5.95. The minimum absolute atomic E-state index is 0.116. The molecule has 5 nitrogen and oxygen atoms in total. The number of nitrogens with one attached hydrogen (secondary N) is 2. The monoisotopic (exact) mass is 401 g/mol. The van der Waals surface area contributed by atoms with E-state index in [1.165, 1.54) is 0 Å². The van der Waals surface area contributed by atoms with Crippen molar-refractivity contribution in [1.82, 2.24) is 9.78 Å². The maximum atomic E-state index is 13.1. The molecule has 2 heterocycles. The zero-order valence-electron chi connectivity index (χ0n) is 14.7. The highest BCUT2D eigenvalue weighted by Gasteiger charge is 2.47. The van der Waals surface area contributed by atoms with Crippen LogP contribution in [0.1, 0.15) is 42.9 Å². The van der Waals surface area contributed by atoms with Gasteiger partial charge in [-0.1, -0.05) is 41.9 Å². The number of hydrogen-bond donors (Lipinski definition) is 2. The molecule has 2 aromatic rings. The minimum Gasteiger partial charge on any atom is -0.343 e. The van der Waals surface area contributed by atoms with Gasteiger partial charge in [-0.3, -0.25) is 19.4 Å². The van der Waals surface area contributed by atoms with Crippen LogP contribution < -0.4 is 10.9 Å². The van der Waals surface area contributed by atoms with E-state index in [2.05, 4.69) is 26.3 Å². The van der Waals surface area contributed by atoms with Crippen LogP contribution in [0.4, 0.5) is 5.82 Å². The van der Waals surface area contributed by atoms with Gasteiger partial charge in [-0.2, -0.15) is 0 Å². The Balaban J connectivity index is 1.99. The fourth-order valence-corrected chi connectivity index (χ4v) is 4.32. The number of allylic oxidation sites excluding steroid dienone is 2. The number of nitrogens with zero attached hydrogens (tertiary/aromatic N) is 1. The van der Waals surface area contributed by atoms with Crippen molar-refractivity contribution in [2.75, 3.05) is 5.32 Å². The molecule has 0 saturated carbocycles. The topological polar surface area (TPSA) is 66.9 Å². The lowest BCUT2D eigenvalue weighted by Gasteiger charge is -2.26. The van der Waals surface area contributed by atoms with Crippen molar-refractivity contribution in [1.29, 1.82) is 0 Å². The second-order valence-corrected chi connectivity index (χ2v) is 8.47. The van der Waals surface area contributed by atoms with Crippen molar-refractivity contribution in [2.45, 2.75) is 33.1 Å². The predicted molar refractivity (Wildman–Crippen MR) is 101 cm³/mol. The van der Waals surface area contributed by atoms with E-state index in [9.17, 15) is 9.59 Å². The predicted octanol–water partition coefficient (Wildman–Crippen LogP) is 3.59. The first kappa shape index (κ1) is 16.4. The number of aromatic amines is 1. The number of benzene rings is 1. The Morgan fingerprint density at radius 3 is 2.68 bits per heavy atom. The molecule has 2 aliphatic rings. The number of aromatic nitrogens is 2. The molecule has 4 rings (SSSR count). The Bertz CT molecular complexity index is 1010. The molecule has 1 aromatic carbocycles. The van der Waals surface area contributed by atoms with Gasteiger partial charge in [0, 0.05) is 40.5 Å². The molecule has 0 fully saturated rings. The average Bonchev–Trinajstić information content (AvgIpc) is 2.94. The molecule has 2 N–H and O–H groups in total. The number of hydrogen-bond acceptors (Lipinski definition) is 3. The maximum Gasteiger partial charge on any atom is 0.270 e. The van der Waals surface area contributed by atoms with Crippen molar-refractivity contribution in [2.24, 2.45) is 12.5 Å². The number of halogens is 1. The number of fused-ring (bicyclic) bond motifs is 1. The fourth-order valence-electron chi connectivity index (χ4n) is 3.92. The second kappa shape index (κ2) is 5.21. The summed E-state index contributed by atoms with van der Waals surface area (Å²) in [5.41, 5.74) is 3.73. The summed E-state index contributed by atoms with van der Waals surface area (Å²) in [5, 5.41) is 6.16. The third-order valence-electron chi connectivity index (χ3n) is 5.28. The minimum atomic E-state index is -0.452. The second-order valence-electron chi connectivity index (χ2n) is 7.61. The van der Waals surface area contributed by atoms with Crippen LogP contribution in [0.2, 0.25) is 0 Å². The summed E-state index contributed by atoms with van der Waals surface area (Å²) >= 11 is 3.58. The van der Waals surface area contributed by atoms with Crippen LogP contribution in [0.3, 0.4) is 0 Å². The molecule has 0 saturated heterocycles. The van der Waals surface area contributed by atoms with Gasteiger partial charge in [-0.05, 0) is 24.1 Å². The molecule has 1 unspecified atom stereocenters. The van der Waals surface area contributed by atoms with E-state index in [-0.39, 0.29) is 17.3 Å². The Kier molecular flexibility index (Phi) is 3.41. The zero-order chi connectivity index (χ0) is 18.1. The van der Waals surface area contributed by atoms with E-state index in [1.54, 1.807) is 4.68 Å². The summed E-state index contributed by atoms with van der Waals surface area (Å²) in [4.78, 5) is 25.7. The number of H-pyrrole nitrogens is 1. The largest absolute Gasteiger partial charge is 0.343 e. The first-order chi connectivity index (χ1) is 11.7. The lowest BCUT2D eigenvalue weighted by molar-refractivity contribution is -0.122. The highest BCUT2D eigenvalue weighted by molar-refractivity contribution is 9.10. The molecule has 25 heavy (non-hydrogen) atoms. The zero-order valence-corrected chi connectivity index (χ0v) is 16.2. The molecule has 0 amide bonds. The molecule has 1 aliphatic heterocycles. The van der Waals surface area contributed by atoms with E-state index < -0.39 is 5.41 Å². The van der Waals surface area contributed by atoms with E-state index in [4.69, 9.17) is 0 Å². The summed E-state index contributed by atoms with van der Waals surface area (Å²) in [7, 11) is 1.81. The van der Waals surface area contributed by atoms with E-state index in [0.717, 1.165) is 32.7 Å². The van der Waals surface area contributed by atoms with Crippen LogP contribution in [0.5, 0.6) is 0 Å². The van der Waals surface area contributed by atoms with Gasteiger partial charge in [-0.15, -0.1) is 0 Å². The number of carbonyl (C=O) groups excluding carboxylic acids is 1. The molecule has 0 radical (unpaired) electrons. The number of anilines is 1. The van der Waals surface area contributed by atoms with Crippen LogP contribution in [-0.2, 0) is 11.8 Å². The average molecular weight is 402 g/mol. The number of rotatable bonds is 1. The van der Waals surface area contributed by atoms with Crippen LogP contribution in [0.15, 0.2) is 38.7 Å². The van der Waals surface area contributed by atoms with Gasteiger partial charge in [0.25, 0.3) is 5.56 Å². The summed E-state index contributed by atoms with van der Waals surface area (Å²) in [6.07, 6.45) is 0.656. The number of Topliss-reactive ketones (excluding diaryl/α,β-unsaturated/α-hetero) is 1.